The second kappa shape index (κ2) is 6.11. The molecule has 1 atom stereocenters. The number of carboxylic acid groups (broad SMARTS) is 1. The molecule has 1 unspecified atom stereocenters. The molecule has 0 radical (unpaired) electrons. The maximum Gasteiger partial charge on any atom is 0.337 e. The zero-order chi connectivity index (χ0) is 15.6. The van der Waals surface area contributed by atoms with Crippen molar-refractivity contribution < 1.29 is 22.7 Å². The zero-order valence-corrected chi connectivity index (χ0v) is 12.6. The molecule has 1 heterocycles. The molecule has 7 heteroatoms. The number of hydrogen-bond acceptors (Lipinski definition) is 3. The van der Waals surface area contributed by atoms with Gasteiger partial charge in [-0.15, -0.1) is 0 Å². The van der Waals surface area contributed by atoms with Gasteiger partial charge in [-0.25, -0.2) is 17.6 Å². The van der Waals surface area contributed by atoms with E-state index in [9.17, 15) is 17.6 Å². The highest BCUT2D eigenvalue weighted by molar-refractivity contribution is 7.89. The minimum absolute atomic E-state index is 0.284. The van der Waals surface area contributed by atoms with Crippen molar-refractivity contribution in [3.8, 4) is 0 Å². The van der Waals surface area contributed by atoms with Gasteiger partial charge in [0.2, 0.25) is 10.0 Å². The lowest BCUT2D eigenvalue weighted by atomic mass is 10.0. The molecular formula is C14H18FNO4S. The van der Waals surface area contributed by atoms with Crippen molar-refractivity contribution in [2.75, 3.05) is 13.1 Å². The third-order valence-corrected chi connectivity index (χ3v) is 5.64. The summed E-state index contributed by atoms with van der Waals surface area (Å²) in [5, 5.41) is 9.09. The van der Waals surface area contributed by atoms with E-state index in [1.807, 2.05) is 6.92 Å². The van der Waals surface area contributed by atoms with Crippen LogP contribution >= 0.6 is 0 Å². The summed E-state index contributed by atoms with van der Waals surface area (Å²) in [6.07, 6.45) is 2.66. The lowest BCUT2D eigenvalue weighted by Gasteiger charge is -2.18. The Kier molecular flexibility index (Phi) is 4.63. The predicted molar refractivity (Wildman–Crippen MR) is 75.1 cm³/mol. The molecule has 0 bridgehead atoms. The van der Waals surface area contributed by atoms with Crippen LogP contribution in [0.2, 0.25) is 0 Å². The summed E-state index contributed by atoms with van der Waals surface area (Å²) >= 11 is 0. The minimum atomic E-state index is -3.98. The molecule has 1 N–H and O–H groups in total. The monoisotopic (exact) mass is 315 g/mol. The van der Waals surface area contributed by atoms with Gasteiger partial charge in [-0.3, -0.25) is 0 Å². The second-order valence-corrected chi connectivity index (χ2v) is 7.16. The minimum Gasteiger partial charge on any atom is -0.478 e. The van der Waals surface area contributed by atoms with Gasteiger partial charge in [-0.2, -0.15) is 4.31 Å². The number of carboxylic acids is 1. The van der Waals surface area contributed by atoms with Crippen molar-refractivity contribution in [3.63, 3.8) is 0 Å². The van der Waals surface area contributed by atoms with E-state index >= 15 is 0 Å². The summed E-state index contributed by atoms with van der Waals surface area (Å²) in [5.74, 6) is -1.85. The first-order chi connectivity index (χ1) is 9.86. The first kappa shape index (κ1) is 15.9. The average Bonchev–Trinajstić information content (AvgIpc) is 2.88. The molecule has 1 aromatic rings. The summed E-state index contributed by atoms with van der Waals surface area (Å²) in [4.78, 5) is 10.7. The molecule has 0 saturated carbocycles. The van der Waals surface area contributed by atoms with Gasteiger partial charge in [-0.05, 0) is 37.0 Å². The van der Waals surface area contributed by atoms with Gasteiger partial charge >= 0.3 is 5.97 Å². The standard InChI is InChI=1S/C14H18FNO4S/c1-2-3-10-6-7-16(9-10)21(19,20)13-8-11(15)4-5-12(13)14(17)18/h4-5,8,10H,2-3,6-7,9H2,1H3,(H,17,18). The van der Waals surface area contributed by atoms with Gasteiger partial charge in [-0.1, -0.05) is 13.3 Å². The Morgan fingerprint density at radius 1 is 1.48 bits per heavy atom. The number of carbonyl (C=O) groups is 1. The maximum absolute atomic E-state index is 13.3. The molecule has 0 spiro atoms. The van der Waals surface area contributed by atoms with Crippen LogP contribution in [0.3, 0.4) is 0 Å². The lowest BCUT2D eigenvalue weighted by molar-refractivity contribution is 0.0692. The molecule has 5 nitrogen and oxygen atoms in total. The largest absolute Gasteiger partial charge is 0.478 e. The summed E-state index contributed by atoms with van der Waals surface area (Å²) in [5.41, 5.74) is -0.393. The summed E-state index contributed by atoms with van der Waals surface area (Å²) < 4.78 is 39.7. The van der Waals surface area contributed by atoms with Crippen LogP contribution in [-0.4, -0.2) is 36.9 Å². The topological polar surface area (TPSA) is 74.7 Å². The van der Waals surface area contributed by atoms with Crippen LogP contribution in [0.5, 0.6) is 0 Å². The zero-order valence-electron chi connectivity index (χ0n) is 11.8. The van der Waals surface area contributed by atoms with Crippen molar-refractivity contribution in [3.05, 3.63) is 29.6 Å². The number of aromatic carboxylic acids is 1. The smallest absolute Gasteiger partial charge is 0.337 e. The van der Waals surface area contributed by atoms with Crippen LogP contribution in [0.15, 0.2) is 23.1 Å². The van der Waals surface area contributed by atoms with E-state index in [-0.39, 0.29) is 5.92 Å². The van der Waals surface area contributed by atoms with Gasteiger partial charge in [0.25, 0.3) is 0 Å². The van der Waals surface area contributed by atoms with E-state index in [1.54, 1.807) is 0 Å². The van der Waals surface area contributed by atoms with E-state index in [1.165, 1.54) is 4.31 Å². The van der Waals surface area contributed by atoms with Crippen LogP contribution in [0.1, 0.15) is 36.5 Å². The number of rotatable bonds is 5. The molecule has 1 saturated heterocycles. The van der Waals surface area contributed by atoms with Crippen LogP contribution in [0.25, 0.3) is 0 Å². The fraction of sp³-hybridized carbons (Fsp3) is 0.500. The van der Waals surface area contributed by atoms with Crippen LogP contribution in [-0.2, 0) is 10.0 Å². The lowest BCUT2D eigenvalue weighted by Crippen LogP contribution is -2.30. The van der Waals surface area contributed by atoms with E-state index in [2.05, 4.69) is 0 Å². The molecule has 116 valence electrons. The molecule has 1 aliphatic heterocycles. The van der Waals surface area contributed by atoms with Crippen molar-refractivity contribution in [1.29, 1.82) is 0 Å². The van der Waals surface area contributed by atoms with E-state index in [0.29, 0.717) is 13.1 Å². The van der Waals surface area contributed by atoms with Crippen LogP contribution < -0.4 is 0 Å². The second-order valence-electron chi connectivity index (χ2n) is 5.25. The molecule has 1 fully saturated rings. The fourth-order valence-corrected chi connectivity index (χ4v) is 4.41. The van der Waals surface area contributed by atoms with Gasteiger partial charge in [0.1, 0.15) is 5.82 Å². The maximum atomic E-state index is 13.3. The molecule has 21 heavy (non-hydrogen) atoms. The quantitative estimate of drug-likeness (QED) is 0.905. The Balaban J connectivity index is 2.36. The highest BCUT2D eigenvalue weighted by Crippen LogP contribution is 2.28. The SMILES string of the molecule is CCCC1CCN(S(=O)(=O)c2cc(F)ccc2C(=O)O)C1. The van der Waals surface area contributed by atoms with Gasteiger partial charge in [0.15, 0.2) is 0 Å². The Hall–Kier alpha value is -1.47. The van der Waals surface area contributed by atoms with E-state index in [4.69, 9.17) is 5.11 Å². The van der Waals surface area contributed by atoms with Crippen LogP contribution in [0.4, 0.5) is 4.39 Å². The van der Waals surface area contributed by atoms with Gasteiger partial charge in [0.05, 0.1) is 10.5 Å². The highest BCUT2D eigenvalue weighted by atomic mass is 32.2. The molecule has 1 aliphatic rings. The molecule has 0 aromatic heterocycles. The van der Waals surface area contributed by atoms with E-state index < -0.39 is 32.3 Å². The summed E-state index contributed by atoms with van der Waals surface area (Å²) in [6.45, 7) is 2.75. The van der Waals surface area contributed by atoms with Crippen molar-refractivity contribution in [1.82, 2.24) is 4.31 Å². The van der Waals surface area contributed by atoms with Gasteiger partial charge in [0, 0.05) is 13.1 Å². The molecular weight excluding hydrogens is 297 g/mol. The first-order valence-electron chi connectivity index (χ1n) is 6.89. The van der Waals surface area contributed by atoms with Crippen molar-refractivity contribution >= 4 is 16.0 Å². The van der Waals surface area contributed by atoms with Gasteiger partial charge < -0.3 is 5.11 Å². The third kappa shape index (κ3) is 3.24. The first-order valence-corrected chi connectivity index (χ1v) is 8.33. The van der Waals surface area contributed by atoms with Crippen molar-refractivity contribution in [2.24, 2.45) is 5.92 Å². The fourth-order valence-electron chi connectivity index (χ4n) is 2.68. The number of halogens is 1. The predicted octanol–water partition coefficient (Wildman–Crippen LogP) is 2.33. The Bertz CT molecular complexity index is 644. The van der Waals surface area contributed by atoms with Crippen LogP contribution in [0, 0.1) is 11.7 Å². The summed E-state index contributed by atoms with van der Waals surface area (Å²) in [6, 6.07) is 2.72. The normalized spacial score (nSPS) is 19.8. The molecule has 1 aromatic carbocycles. The average molecular weight is 315 g/mol. The molecule has 0 amide bonds. The number of benzene rings is 1. The highest BCUT2D eigenvalue weighted by Gasteiger charge is 2.34. The van der Waals surface area contributed by atoms with E-state index in [0.717, 1.165) is 37.5 Å². The van der Waals surface area contributed by atoms with Crippen molar-refractivity contribution in [2.45, 2.75) is 31.1 Å². The Morgan fingerprint density at radius 2 is 2.19 bits per heavy atom. The molecule has 2 rings (SSSR count). The Morgan fingerprint density at radius 3 is 2.81 bits per heavy atom. The number of hydrogen-bond donors (Lipinski definition) is 1. The Labute approximate surface area is 123 Å². The molecule has 0 aliphatic carbocycles. The summed E-state index contributed by atoms with van der Waals surface area (Å²) in [7, 11) is -3.98. The number of sulfonamides is 1. The third-order valence-electron chi connectivity index (χ3n) is 3.74. The number of nitrogens with zero attached hydrogens (tertiary/aromatic N) is 1.